The number of esters is 2. The number of carbonyl (C=O) groups excluding carboxylic acids is 2. The fraction of sp³-hybridized carbons (Fsp3) is 0.913. The molecule has 0 aromatic carbocycles. The van der Waals surface area contributed by atoms with Crippen LogP contribution in [-0.2, 0) is 33.4 Å². The highest BCUT2D eigenvalue weighted by Gasteiger charge is 2.73. The van der Waals surface area contributed by atoms with Gasteiger partial charge in [0.15, 0.2) is 0 Å². The largest absolute Gasteiger partial charge is 0.459 e. The first-order chi connectivity index (χ1) is 14.6. The molecule has 0 aromatic heterocycles. The molecule has 6 saturated carbocycles. The van der Waals surface area contributed by atoms with Crippen LogP contribution in [0, 0.1) is 47.3 Å². The van der Waals surface area contributed by atoms with Crippen molar-refractivity contribution in [3.8, 4) is 0 Å². The van der Waals surface area contributed by atoms with E-state index in [1.165, 1.54) is 13.3 Å². The molecule has 7 rings (SSSR count). The van der Waals surface area contributed by atoms with Gasteiger partial charge in [0, 0.05) is 18.8 Å². The Kier molecular flexibility index (Phi) is 4.26. The van der Waals surface area contributed by atoms with E-state index < -0.39 is 51.0 Å². The second-order valence-electron chi connectivity index (χ2n) is 11.4. The average Bonchev–Trinajstić information content (AvgIpc) is 3.26. The molecule has 1 saturated heterocycles. The molecule has 8 heteroatoms. The minimum absolute atomic E-state index is 0.179. The van der Waals surface area contributed by atoms with Crippen LogP contribution >= 0.6 is 0 Å². The minimum atomic E-state index is -3.89. The number of hydrogen-bond acceptors (Lipinski definition) is 7. The topological polar surface area (TPSA) is 96.0 Å². The quantitative estimate of drug-likeness (QED) is 0.478. The van der Waals surface area contributed by atoms with E-state index in [1.807, 2.05) is 0 Å². The zero-order valence-corrected chi connectivity index (χ0v) is 19.2. The summed E-state index contributed by atoms with van der Waals surface area (Å²) in [7, 11) is -3.89. The molecule has 0 radical (unpaired) electrons. The molecule has 1 heterocycles. The van der Waals surface area contributed by atoms with E-state index in [9.17, 15) is 18.0 Å². The highest BCUT2D eigenvalue weighted by atomic mass is 32.2. The first-order valence-corrected chi connectivity index (χ1v) is 13.4. The van der Waals surface area contributed by atoms with Gasteiger partial charge in [-0.15, -0.1) is 0 Å². The molecule has 1 aliphatic heterocycles. The van der Waals surface area contributed by atoms with Crippen LogP contribution in [0.4, 0.5) is 0 Å². The van der Waals surface area contributed by atoms with Gasteiger partial charge >= 0.3 is 11.9 Å². The molecular weight excluding hydrogens is 420 g/mol. The van der Waals surface area contributed by atoms with Crippen LogP contribution in [0.25, 0.3) is 0 Å². The van der Waals surface area contributed by atoms with Crippen molar-refractivity contribution in [2.45, 2.75) is 82.4 Å². The van der Waals surface area contributed by atoms with Crippen molar-refractivity contribution in [1.29, 1.82) is 0 Å². The average molecular weight is 453 g/mol. The van der Waals surface area contributed by atoms with Gasteiger partial charge in [-0.1, -0.05) is 13.8 Å². The Morgan fingerprint density at radius 2 is 1.58 bits per heavy atom. The lowest BCUT2D eigenvalue weighted by atomic mass is 9.47. The Morgan fingerprint density at radius 1 is 0.968 bits per heavy atom. The maximum Gasteiger partial charge on any atom is 0.311 e. The summed E-state index contributed by atoms with van der Waals surface area (Å²) in [6.45, 7) is 5.59. The summed E-state index contributed by atoms with van der Waals surface area (Å²) >= 11 is 0. The Morgan fingerprint density at radius 3 is 2.13 bits per heavy atom. The van der Waals surface area contributed by atoms with Gasteiger partial charge in [0.05, 0.1) is 5.92 Å². The van der Waals surface area contributed by atoms with Crippen LogP contribution in [0.15, 0.2) is 0 Å². The lowest BCUT2D eigenvalue weighted by Crippen LogP contribution is -2.63. The molecule has 7 nitrogen and oxygen atoms in total. The number of fused-ring (bicyclic) bond motifs is 1. The van der Waals surface area contributed by atoms with Gasteiger partial charge < -0.3 is 9.47 Å². The van der Waals surface area contributed by atoms with Crippen LogP contribution in [0.1, 0.15) is 59.3 Å². The third kappa shape index (κ3) is 2.63. The summed E-state index contributed by atoms with van der Waals surface area (Å²) in [6.07, 6.45) is 4.92. The fourth-order valence-electron chi connectivity index (χ4n) is 9.04. The summed E-state index contributed by atoms with van der Waals surface area (Å²) in [4.78, 5) is 25.4. The third-order valence-corrected chi connectivity index (χ3v) is 11.5. The summed E-state index contributed by atoms with van der Waals surface area (Å²) in [5.74, 6) is 0.0303. The van der Waals surface area contributed by atoms with Crippen molar-refractivity contribution in [1.82, 2.24) is 0 Å². The lowest BCUT2D eigenvalue weighted by molar-refractivity contribution is -0.230. The minimum Gasteiger partial charge on any atom is -0.459 e. The third-order valence-electron chi connectivity index (χ3n) is 9.70. The van der Waals surface area contributed by atoms with Crippen LogP contribution < -0.4 is 0 Å². The second kappa shape index (κ2) is 6.46. The van der Waals surface area contributed by atoms with E-state index in [-0.39, 0.29) is 17.8 Å². The van der Waals surface area contributed by atoms with Crippen molar-refractivity contribution in [3.05, 3.63) is 0 Å². The van der Waals surface area contributed by atoms with E-state index in [0.29, 0.717) is 18.3 Å². The molecule has 0 amide bonds. The number of ether oxygens (including phenoxy) is 2. The van der Waals surface area contributed by atoms with Crippen LogP contribution in [-0.4, -0.2) is 43.4 Å². The number of carbonyl (C=O) groups is 2. The maximum absolute atomic E-state index is 13.8. The van der Waals surface area contributed by atoms with Crippen LogP contribution in [0.2, 0.25) is 0 Å². The van der Waals surface area contributed by atoms with E-state index in [2.05, 4.69) is 13.8 Å². The summed E-state index contributed by atoms with van der Waals surface area (Å²) in [5.41, 5.74) is -0.508. The maximum atomic E-state index is 13.8. The number of rotatable bonds is 4. The first kappa shape index (κ1) is 20.5. The van der Waals surface area contributed by atoms with E-state index >= 15 is 0 Å². The molecule has 6 aliphatic carbocycles. The fourth-order valence-corrected chi connectivity index (χ4v) is 11.1. The molecule has 0 aromatic rings. The Labute approximate surface area is 183 Å². The van der Waals surface area contributed by atoms with Crippen molar-refractivity contribution in [2.75, 3.05) is 0 Å². The van der Waals surface area contributed by atoms with Crippen molar-refractivity contribution < 1.29 is 31.7 Å². The molecule has 7 aliphatic rings. The van der Waals surface area contributed by atoms with Gasteiger partial charge in [0.1, 0.15) is 23.1 Å². The smallest absolute Gasteiger partial charge is 0.311 e. The number of hydrogen-bond donors (Lipinski definition) is 0. The molecule has 6 bridgehead atoms. The Bertz CT molecular complexity index is 896. The molecule has 6 unspecified atom stereocenters. The summed E-state index contributed by atoms with van der Waals surface area (Å²) < 4.78 is 43.0. The SMILES string of the molecule is CC(=O)OC1C2CC3C1OS(=O)(=O)C3C2C(=O)OC1(C(C)C)C2CC3CC(C2)CC1C3. The molecular formula is C23H32O7S. The molecule has 0 N–H and O–H groups in total. The van der Waals surface area contributed by atoms with Gasteiger partial charge in [-0.2, -0.15) is 8.42 Å². The Hall–Kier alpha value is -1.15. The molecule has 7 fully saturated rings. The van der Waals surface area contributed by atoms with Crippen LogP contribution in [0.3, 0.4) is 0 Å². The van der Waals surface area contributed by atoms with Gasteiger partial charge in [-0.05, 0) is 68.1 Å². The summed E-state index contributed by atoms with van der Waals surface area (Å²) in [6, 6.07) is 0. The standard InChI is InChI=1S/C23H32O7S/c1-10(2)23(14-5-12-4-13(7-14)8-15(23)6-12)29-22(25)18-16-9-17-20(19(16)28-11(3)24)30-31(26,27)21(17)18/h10,12-21H,4-9H2,1-3H3. The molecule has 6 atom stereocenters. The first-order valence-electron chi connectivity index (χ1n) is 11.9. The zero-order chi connectivity index (χ0) is 21.9. The lowest BCUT2D eigenvalue weighted by Gasteiger charge is -2.62. The normalized spacial score (nSPS) is 52.6. The Balaban J connectivity index is 1.33. The van der Waals surface area contributed by atoms with Crippen LogP contribution in [0.5, 0.6) is 0 Å². The molecule has 172 valence electrons. The van der Waals surface area contributed by atoms with E-state index in [1.54, 1.807) is 0 Å². The molecule has 0 spiro atoms. The second-order valence-corrected chi connectivity index (χ2v) is 13.1. The summed E-state index contributed by atoms with van der Waals surface area (Å²) in [5, 5.41) is -0.872. The monoisotopic (exact) mass is 452 g/mol. The molecule has 31 heavy (non-hydrogen) atoms. The predicted molar refractivity (Wildman–Crippen MR) is 109 cm³/mol. The van der Waals surface area contributed by atoms with Gasteiger partial charge in [-0.3, -0.25) is 13.8 Å². The van der Waals surface area contributed by atoms with Crippen molar-refractivity contribution in [2.24, 2.45) is 47.3 Å². The predicted octanol–water partition coefficient (Wildman–Crippen LogP) is 2.68. The highest BCUT2D eigenvalue weighted by Crippen LogP contribution is 2.63. The van der Waals surface area contributed by atoms with Crippen molar-refractivity contribution in [3.63, 3.8) is 0 Å². The highest BCUT2D eigenvalue weighted by molar-refractivity contribution is 7.87. The van der Waals surface area contributed by atoms with Gasteiger partial charge in [0.25, 0.3) is 10.1 Å². The van der Waals surface area contributed by atoms with E-state index in [4.69, 9.17) is 13.7 Å². The van der Waals surface area contributed by atoms with Crippen molar-refractivity contribution >= 4 is 22.1 Å². The zero-order valence-electron chi connectivity index (χ0n) is 18.4. The van der Waals surface area contributed by atoms with E-state index in [0.717, 1.165) is 37.5 Å². The van der Waals surface area contributed by atoms with Gasteiger partial charge in [0.2, 0.25) is 0 Å². The van der Waals surface area contributed by atoms with Gasteiger partial charge in [-0.25, -0.2) is 0 Å².